The van der Waals surface area contributed by atoms with Gasteiger partial charge in [-0.1, -0.05) is 48.5 Å². The van der Waals surface area contributed by atoms with Crippen molar-refractivity contribution in [3.8, 4) is 11.1 Å². The van der Waals surface area contributed by atoms with Crippen LogP contribution in [0, 0.1) is 0 Å². The number of hydrogen-bond donors (Lipinski definition) is 2. The van der Waals surface area contributed by atoms with Gasteiger partial charge >= 0.3 is 0 Å². The Hall–Kier alpha value is -3.12. The van der Waals surface area contributed by atoms with E-state index >= 15 is 0 Å². The van der Waals surface area contributed by atoms with E-state index in [9.17, 15) is 13.2 Å². The van der Waals surface area contributed by atoms with Crippen LogP contribution in [0.25, 0.3) is 11.1 Å². The maximum absolute atomic E-state index is 12.9. The summed E-state index contributed by atoms with van der Waals surface area (Å²) in [6, 6.07) is 22.4. The number of rotatable bonds is 5. The average molecular weight is 407 g/mol. The van der Waals surface area contributed by atoms with Crippen molar-refractivity contribution in [2.45, 2.75) is 25.1 Å². The third-order valence-electron chi connectivity index (χ3n) is 5.14. The predicted molar refractivity (Wildman–Crippen MR) is 115 cm³/mol. The molecule has 0 saturated heterocycles. The number of benzene rings is 3. The number of anilines is 1. The molecular weight excluding hydrogens is 384 g/mol. The van der Waals surface area contributed by atoms with Crippen molar-refractivity contribution in [3.63, 3.8) is 0 Å². The van der Waals surface area contributed by atoms with E-state index in [1.165, 1.54) is 0 Å². The molecule has 1 aliphatic carbocycles. The highest BCUT2D eigenvalue weighted by Gasteiger charge is 2.29. The largest absolute Gasteiger partial charge is 0.341 e. The van der Waals surface area contributed by atoms with Gasteiger partial charge in [0, 0.05) is 11.3 Å². The quantitative estimate of drug-likeness (QED) is 0.662. The normalized spacial score (nSPS) is 13.1. The van der Waals surface area contributed by atoms with Crippen molar-refractivity contribution >= 4 is 21.6 Å². The lowest BCUT2D eigenvalue weighted by Gasteiger charge is -2.16. The molecule has 0 bridgehead atoms. The molecule has 2 N–H and O–H groups in total. The standard InChI is InChI=1S/C23H22N2O3S/c1-15(2)29(27,28)25-17-13-11-16(12-14-17)23(26)24-22-20-9-5-3-7-18(20)19-8-4-6-10-21(19)22/h3-15,22,25H,1-2H3,(H,24,26). The van der Waals surface area contributed by atoms with Crippen molar-refractivity contribution in [1.29, 1.82) is 0 Å². The molecule has 0 atom stereocenters. The Morgan fingerprint density at radius 1 is 0.828 bits per heavy atom. The van der Waals surface area contributed by atoms with Gasteiger partial charge in [-0.25, -0.2) is 8.42 Å². The van der Waals surface area contributed by atoms with Crippen LogP contribution in [0.3, 0.4) is 0 Å². The maximum atomic E-state index is 12.9. The molecular formula is C23H22N2O3S. The first-order valence-corrected chi connectivity index (χ1v) is 11.0. The summed E-state index contributed by atoms with van der Waals surface area (Å²) in [6.45, 7) is 3.23. The molecule has 0 fully saturated rings. The third kappa shape index (κ3) is 3.63. The van der Waals surface area contributed by atoms with Crippen LogP contribution in [0.2, 0.25) is 0 Å². The van der Waals surface area contributed by atoms with E-state index in [4.69, 9.17) is 0 Å². The fraction of sp³-hybridized carbons (Fsp3) is 0.174. The van der Waals surface area contributed by atoms with E-state index in [1.807, 2.05) is 36.4 Å². The van der Waals surface area contributed by atoms with E-state index in [2.05, 4.69) is 22.2 Å². The second-order valence-corrected chi connectivity index (χ2v) is 9.59. The first kappa shape index (κ1) is 19.2. The van der Waals surface area contributed by atoms with Crippen LogP contribution in [-0.4, -0.2) is 19.6 Å². The predicted octanol–water partition coefficient (Wildman–Crippen LogP) is 4.34. The van der Waals surface area contributed by atoms with Gasteiger partial charge in [-0.2, -0.15) is 0 Å². The highest BCUT2D eigenvalue weighted by molar-refractivity contribution is 7.93. The van der Waals surface area contributed by atoms with Crippen LogP contribution in [0.5, 0.6) is 0 Å². The Kier molecular flexibility index (Phi) is 4.88. The fourth-order valence-electron chi connectivity index (χ4n) is 3.50. The Balaban J connectivity index is 1.56. The lowest BCUT2D eigenvalue weighted by Crippen LogP contribution is -2.28. The van der Waals surface area contributed by atoms with Crippen LogP contribution >= 0.6 is 0 Å². The third-order valence-corrected chi connectivity index (χ3v) is 6.90. The number of nitrogens with one attached hydrogen (secondary N) is 2. The zero-order valence-corrected chi connectivity index (χ0v) is 17.0. The minimum absolute atomic E-state index is 0.209. The minimum Gasteiger partial charge on any atom is -0.341 e. The molecule has 148 valence electrons. The number of fused-ring (bicyclic) bond motifs is 3. The molecule has 0 unspecified atom stereocenters. The smallest absolute Gasteiger partial charge is 0.252 e. The second-order valence-electron chi connectivity index (χ2n) is 7.35. The molecule has 3 aromatic rings. The molecule has 3 aromatic carbocycles. The van der Waals surface area contributed by atoms with Crippen LogP contribution in [-0.2, 0) is 10.0 Å². The maximum Gasteiger partial charge on any atom is 0.252 e. The van der Waals surface area contributed by atoms with Crippen molar-refractivity contribution in [1.82, 2.24) is 5.32 Å². The monoisotopic (exact) mass is 406 g/mol. The summed E-state index contributed by atoms with van der Waals surface area (Å²) >= 11 is 0. The van der Waals surface area contributed by atoms with Gasteiger partial charge < -0.3 is 5.32 Å². The Labute approximate surface area is 170 Å². The SMILES string of the molecule is CC(C)S(=O)(=O)Nc1ccc(C(=O)NC2c3ccccc3-c3ccccc32)cc1. The molecule has 0 spiro atoms. The molecule has 0 heterocycles. The number of sulfonamides is 1. The first-order chi connectivity index (χ1) is 13.9. The summed E-state index contributed by atoms with van der Waals surface area (Å²) < 4.78 is 26.5. The van der Waals surface area contributed by atoms with Gasteiger partial charge in [0.1, 0.15) is 0 Å². The Morgan fingerprint density at radius 2 is 1.34 bits per heavy atom. The van der Waals surface area contributed by atoms with Crippen LogP contribution < -0.4 is 10.0 Å². The van der Waals surface area contributed by atoms with E-state index in [0.29, 0.717) is 11.3 Å². The number of carbonyl (C=O) groups excluding carboxylic acids is 1. The second kappa shape index (κ2) is 7.37. The molecule has 0 aliphatic heterocycles. The van der Waals surface area contributed by atoms with E-state index in [-0.39, 0.29) is 11.9 Å². The Morgan fingerprint density at radius 3 is 1.86 bits per heavy atom. The van der Waals surface area contributed by atoms with Crippen molar-refractivity contribution in [3.05, 3.63) is 89.5 Å². The van der Waals surface area contributed by atoms with Crippen molar-refractivity contribution < 1.29 is 13.2 Å². The van der Waals surface area contributed by atoms with Gasteiger partial charge in [0.15, 0.2) is 0 Å². The molecule has 1 aliphatic rings. The average Bonchev–Trinajstić information content (AvgIpc) is 3.02. The summed E-state index contributed by atoms with van der Waals surface area (Å²) in [5.41, 5.74) is 5.32. The number of hydrogen-bond acceptors (Lipinski definition) is 3. The van der Waals surface area contributed by atoms with Gasteiger partial charge in [-0.15, -0.1) is 0 Å². The summed E-state index contributed by atoms with van der Waals surface area (Å²) in [4.78, 5) is 12.9. The first-order valence-electron chi connectivity index (χ1n) is 9.47. The molecule has 4 rings (SSSR count). The van der Waals surface area contributed by atoms with Gasteiger partial charge in [-0.05, 0) is 60.4 Å². The summed E-state index contributed by atoms with van der Waals surface area (Å²) in [5, 5.41) is 2.58. The van der Waals surface area contributed by atoms with Crippen LogP contribution in [0.15, 0.2) is 72.8 Å². The van der Waals surface area contributed by atoms with Crippen molar-refractivity contribution in [2.75, 3.05) is 4.72 Å². The van der Waals surface area contributed by atoms with E-state index in [1.54, 1.807) is 38.1 Å². The zero-order valence-electron chi connectivity index (χ0n) is 16.2. The number of carbonyl (C=O) groups is 1. The summed E-state index contributed by atoms with van der Waals surface area (Å²) in [7, 11) is -3.42. The molecule has 5 nitrogen and oxygen atoms in total. The fourth-order valence-corrected chi connectivity index (χ4v) is 4.20. The van der Waals surface area contributed by atoms with Gasteiger partial charge in [0.25, 0.3) is 5.91 Å². The van der Waals surface area contributed by atoms with Gasteiger partial charge in [0.2, 0.25) is 10.0 Å². The van der Waals surface area contributed by atoms with Gasteiger partial charge in [0.05, 0.1) is 11.3 Å². The lowest BCUT2D eigenvalue weighted by molar-refractivity contribution is 0.0943. The van der Waals surface area contributed by atoms with E-state index < -0.39 is 15.3 Å². The van der Waals surface area contributed by atoms with E-state index in [0.717, 1.165) is 22.3 Å². The van der Waals surface area contributed by atoms with Crippen LogP contribution in [0.4, 0.5) is 5.69 Å². The molecule has 1 amide bonds. The Bertz CT molecular complexity index is 1120. The van der Waals surface area contributed by atoms with Crippen LogP contribution in [0.1, 0.15) is 41.4 Å². The minimum atomic E-state index is -3.42. The number of amides is 1. The van der Waals surface area contributed by atoms with Gasteiger partial charge in [-0.3, -0.25) is 9.52 Å². The topological polar surface area (TPSA) is 75.3 Å². The van der Waals surface area contributed by atoms with Crippen molar-refractivity contribution in [2.24, 2.45) is 0 Å². The highest BCUT2D eigenvalue weighted by Crippen LogP contribution is 2.43. The molecule has 0 radical (unpaired) electrons. The molecule has 0 saturated carbocycles. The molecule has 6 heteroatoms. The molecule has 0 aromatic heterocycles. The zero-order chi connectivity index (χ0) is 20.6. The molecule has 29 heavy (non-hydrogen) atoms. The summed E-state index contributed by atoms with van der Waals surface area (Å²) in [5.74, 6) is -0.209. The highest BCUT2D eigenvalue weighted by atomic mass is 32.2. The summed E-state index contributed by atoms with van der Waals surface area (Å²) in [6.07, 6.45) is 0. The lowest BCUT2D eigenvalue weighted by atomic mass is 10.0.